The Balaban J connectivity index is 4.06. The molecule has 0 rings (SSSR count). The molecule has 0 aliphatic rings. The van der Waals surface area contributed by atoms with Gasteiger partial charge in [-0.15, -0.1) is 0 Å². The molecule has 0 aliphatic heterocycles. The van der Waals surface area contributed by atoms with Gasteiger partial charge in [0.25, 0.3) is 0 Å². The quantitative estimate of drug-likeness (QED) is 0.440. The van der Waals surface area contributed by atoms with Crippen LogP contribution in [0.25, 0.3) is 0 Å². The molecule has 1 N–H and O–H groups in total. The predicted octanol–water partition coefficient (Wildman–Crippen LogP) is -3.36. The van der Waals surface area contributed by atoms with Crippen molar-refractivity contribution < 1.29 is 28.0 Å². The smallest absolute Gasteiger partial charge is 0.106 e. The third-order valence-electron chi connectivity index (χ3n) is 0.634. The molecule has 7 heteroatoms. The summed E-state index contributed by atoms with van der Waals surface area (Å²) in [5.74, 6) is -3.32. The Hall–Kier alpha value is -0.660. The Morgan fingerprint density at radius 2 is 2.00 bits per heavy atom. The molecule has 0 heterocycles. The van der Waals surface area contributed by atoms with Crippen molar-refractivity contribution in [3.05, 3.63) is 0 Å². The van der Waals surface area contributed by atoms with Crippen molar-refractivity contribution >= 4 is 16.1 Å². The van der Waals surface area contributed by atoms with Gasteiger partial charge < -0.3 is 19.6 Å². The molecule has 0 spiro atoms. The number of aliphatic carboxylic acids is 1. The monoisotopic (exact) mass is 168 g/mol. The average molecular weight is 168 g/mol. The summed E-state index contributed by atoms with van der Waals surface area (Å²) in [7, 11) is -4.69. The number of rotatable bonds is 3. The predicted molar refractivity (Wildman–Crippen MR) is 25.6 cm³/mol. The molecule has 6 nitrogen and oxygen atoms in total. The van der Waals surface area contributed by atoms with E-state index < -0.39 is 27.9 Å². The van der Waals surface area contributed by atoms with Gasteiger partial charge in [0.1, 0.15) is 6.10 Å². The molecular formula is C3H4O6S-2. The fourth-order valence-electron chi connectivity index (χ4n) is 0.261. The maximum Gasteiger partial charge on any atom is 0.106 e. The van der Waals surface area contributed by atoms with Gasteiger partial charge in [-0.3, -0.25) is 0 Å². The average Bonchev–Trinajstić information content (AvgIpc) is 1.60. The summed E-state index contributed by atoms with van der Waals surface area (Å²) < 4.78 is 29.2. The molecule has 0 aromatic carbocycles. The van der Waals surface area contributed by atoms with Gasteiger partial charge in [-0.1, -0.05) is 0 Å². The van der Waals surface area contributed by atoms with E-state index in [-0.39, 0.29) is 0 Å². The van der Waals surface area contributed by atoms with E-state index >= 15 is 0 Å². The minimum absolute atomic E-state index is 1.35. The van der Waals surface area contributed by atoms with Crippen LogP contribution >= 0.6 is 0 Å². The molecule has 0 radical (unpaired) electrons. The van der Waals surface area contributed by atoms with Gasteiger partial charge in [-0.05, 0) is 0 Å². The zero-order valence-electron chi connectivity index (χ0n) is 4.68. The van der Waals surface area contributed by atoms with Gasteiger partial charge in [-0.2, -0.15) is 0 Å². The largest absolute Gasteiger partial charge is 0.748 e. The molecule has 0 bridgehead atoms. The zero-order chi connectivity index (χ0) is 8.36. The van der Waals surface area contributed by atoms with Gasteiger partial charge in [0, 0.05) is 0 Å². The maximum absolute atomic E-state index is 9.74. The van der Waals surface area contributed by atoms with Crippen LogP contribution in [0, 0.1) is 0 Å². The van der Waals surface area contributed by atoms with Gasteiger partial charge in [0.15, 0.2) is 0 Å². The Labute approximate surface area is 56.8 Å². The second kappa shape index (κ2) is 2.95. The van der Waals surface area contributed by atoms with Crippen molar-refractivity contribution in [2.24, 2.45) is 0 Å². The maximum atomic E-state index is 9.74. The van der Waals surface area contributed by atoms with E-state index in [0.29, 0.717) is 0 Å². The second-order valence-corrected chi connectivity index (χ2v) is 3.01. The van der Waals surface area contributed by atoms with Crippen LogP contribution in [-0.2, 0) is 14.9 Å². The summed E-state index contributed by atoms with van der Waals surface area (Å²) in [5.41, 5.74) is 0. The molecule has 0 aliphatic carbocycles. The van der Waals surface area contributed by atoms with Crippen LogP contribution in [0.5, 0.6) is 0 Å². The summed E-state index contributed by atoms with van der Waals surface area (Å²) >= 11 is 0. The van der Waals surface area contributed by atoms with Crippen LogP contribution in [0.3, 0.4) is 0 Å². The summed E-state index contributed by atoms with van der Waals surface area (Å²) in [6.07, 6.45) is -2.23. The highest BCUT2D eigenvalue weighted by molar-refractivity contribution is 7.85. The first kappa shape index (κ1) is 9.34. The molecular weight excluding hydrogens is 164 g/mol. The SMILES string of the molecule is O=C([O-])[C@@H](O)CS(=O)(=O)[O-]. The van der Waals surface area contributed by atoms with Gasteiger partial charge in [-0.25, -0.2) is 8.42 Å². The fraction of sp³-hybridized carbons (Fsp3) is 0.667. The number of carbonyl (C=O) groups is 1. The summed E-state index contributed by atoms with van der Waals surface area (Å²) in [6, 6.07) is 0. The highest BCUT2D eigenvalue weighted by atomic mass is 32.2. The highest BCUT2D eigenvalue weighted by Crippen LogP contribution is 1.87. The lowest BCUT2D eigenvalue weighted by molar-refractivity contribution is -0.313. The second-order valence-electron chi connectivity index (χ2n) is 1.56. The van der Waals surface area contributed by atoms with Crippen molar-refractivity contribution in [3.63, 3.8) is 0 Å². The van der Waals surface area contributed by atoms with Crippen LogP contribution in [0.1, 0.15) is 0 Å². The standard InChI is InChI=1S/C3H6O6S/c4-2(3(5)6)1-10(7,8)9/h2,4H,1H2,(H,5,6)(H,7,8,9)/p-2/t2-/m0/s1. The Morgan fingerprint density at radius 3 is 2.10 bits per heavy atom. The van der Waals surface area contributed by atoms with E-state index in [9.17, 15) is 22.9 Å². The van der Waals surface area contributed by atoms with E-state index in [2.05, 4.69) is 0 Å². The lowest BCUT2D eigenvalue weighted by Gasteiger charge is -2.13. The van der Waals surface area contributed by atoms with E-state index in [1.54, 1.807) is 0 Å². The summed E-state index contributed by atoms with van der Waals surface area (Å²) in [6.45, 7) is 0. The van der Waals surface area contributed by atoms with Crippen LogP contribution in [0.15, 0.2) is 0 Å². The first-order valence-electron chi connectivity index (χ1n) is 2.15. The molecule has 0 saturated carbocycles. The van der Waals surface area contributed by atoms with Crippen molar-refractivity contribution in [1.82, 2.24) is 0 Å². The summed E-state index contributed by atoms with van der Waals surface area (Å²) in [4.78, 5) is 9.61. The first-order valence-corrected chi connectivity index (χ1v) is 3.73. The molecule has 0 unspecified atom stereocenters. The molecule has 60 valence electrons. The normalized spacial score (nSPS) is 14.6. The zero-order valence-corrected chi connectivity index (χ0v) is 5.50. The van der Waals surface area contributed by atoms with Gasteiger partial charge in [0.2, 0.25) is 0 Å². The Kier molecular flexibility index (Phi) is 2.76. The minimum Gasteiger partial charge on any atom is -0.748 e. The minimum atomic E-state index is -4.69. The fourth-order valence-corrected chi connectivity index (χ4v) is 0.784. The van der Waals surface area contributed by atoms with E-state index in [4.69, 9.17) is 5.11 Å². The van der Waals surface area contributed by atoms with Crippen molar-refractivity contribution in [2.75, 3.05) is 5.75 Å². The van der Waals surface area contributed by atoms with Gasteiger partial charge in [0.05, 0.1) is 21.8 Å². The van der Waals surface area contributed by atoms with E-state index in [0.717, 1.165) is 0 Å². The molecule has 0 saturated heterocycles. The topological polar surface area (TPSA) is 118 Å². The van der Waals surface area contributed by atoms with Gasteiger partial charge >= 0.3 is 0 Å². The van der Waals surface area contributed by atoms with E-state index in [1.807, 2.05) is 0 Å². The van der Waals surface area contributed by atoms with Crippen LogP contribution in [-0.4, -0.2) is 35.9 Å². The number of aliphatic hydroxyl groups excluding tert-OH is 1. The Bertz CT molecular complexity index is 215. The first-order chi connectivity index (χ1) is 4.33. The molecule has 1 atom stereocenters. The number of carboxylic acid groups (broad SMARTS) is 1. The molecule has 10 heavy (non-hydrogen) atoms. The molecule has 0 aromatic rings. The van der Waals surface area contributed by atoms with E-state index in [1.165, 1.54) is 0 Å². The number of carbonyl (C=O) groups excluding carboxylic acids is 1. The molecule has 0 aromatic heterocycles. The lowest BCUT2D eigenvalue weighted by Crippen LogP contribution is -2.39. The number of carboxylic acids is 1. The third kappa shape index (κ3) is 4.24. The summed E-state index contributed by atoms with van der Waals surface area (Å²) in [5, 5.41) is 17.8. The van der Waals surface area contributed by atoms with Crippen LogP contribution in [0.4, 0.5) is 0 Å². The van der Waals surface area contributed by atoms with Crippen LogP contribution in [0.2, 0.25) is 0 Å². The number of hydrogen-bond donors (Lipinski definition) is 1. The third-order valence-corrected chi connectivity index (χ3v) is 1.36. The molecule has 0 amide bonds. The van der Waals surface area contributed by atoms with Crippen molar-refractivity contribution in [1.29, 1.82) is 0 Å². The number of aliphatic hydroxyl groups is 1. The lowest BCUT2D eigenvalue weighted by atomic mass is 10.4. The number of hydrogen-bond acceptors (Lipinski definition) is 6. The Morgan fingerprint density at radius 1 is 1.60 bits per heavy atom. The van der Waals surface area contributed by atoms with Crippen molar-refractivity contribution in [2.45, 2.75) is 6.10 Å². The van der Waals surface area contributed by atoms with Crippen molar-refractivity contribution in [3.8, 4) is 0 Å². The highest BCUT2D eigenvalue weighted by Gasteiger charge is 2.08. The molecule has 0 fully saturated rings. The van der Waals surface area contributed by atoms with Crippen LogP contribution < -0.4 is 5.11 Å².